The van der Waals surface area contributed by atoms with Gasteiger partial charge in [0.25, 0.3) is 0 Å². The summed E-state index contributed by atoms with van der Waals surface area (Å²) in [5.41, 5.74) is 2.28. The first kappa shape index (κ1) is 26.5. The maximum absolute atomic E-state index is 13.7. The second kappa shape index (κ2) is 13.1. The Hall–Kier alpha value is -1.76. The van der Waals surface area contributed by atoms with Gasteiger partial charge in [0.15, 0.2) is 5.96 Å². The van der Waals surface area contributed by atoms with Crippen LogP contribution in [0.15, 0.2) is 53.5 Å². The summed E-state index contributed by atoms with van der Waals surface area (Å²) in [6.07, 6.45) is 0.530. The zero-order valence-electron chi connectivity index (χ0n) is 18.1. The lowest BCUT2D eigenvalue weighted by molar-refractivity contribution is 0.0729. The van der Waals surface area contributed by atoms with Crippen molar-refractivity contribution in [3.05, 3.63) is 71.0 Å². The molecule has 0 aromatic heterocycles. The summed E-state index contributed by atoms with van der Waals surface area (Å²) >= 11 is 0. The highest BCUT2D eigenvalue weighted by molar-refractivity contribution is 14.0. The average Bonchev–Trinajstić information content (AvgIpc) is 2.78. The monoisotopic (exact) mass is 576 g/mol. The van der Waals surface area contributed by atoms with Gasteiger partial charge in [-0.25, -0.2) is 12.8 Å². The van der Waals surface area contributed by atoms with Crippen molar-refractivity contribution < 1.29 is 17.5 Å². The lowest BCUT2D eigenvalue weighted by atomic mass is 10.1. The summed E-state index contributed by atoms with van der Waals surface area (Å²) in [6, 6.07) is 14.2. The van der Waals surface area contributed by atoms with E-state index in [1.54, 1.807) is 19.2 Å². The Morgan fingerprint density at radius 1 is 1.03 bits per heavy atom. The van der Waals surface area contributed by atoms with Crippen molar-refractivity contribution in [1.29, 1.82) is 0 Å². The number of nitrogens with one attached hydrogen (secondary N) is 2. The van der Waals surface area contributed by atoms with Crippen molar-refractivity contribution in [2.45, 2.75) is 18.7 Å². The van der Waals surface area contributed by atoms with Crippen molar-refractivity contribution >= 4 is 40.0 Å². The molecule has 0 unspecified atom stereocenters. The van der Waals surface area contributed by atoms with Crippen LogP contribution in [0.25, 0.3) is 0 Å². The molecule has 2 aromatic carbocycles. The number of aliphatic imine (C=N–C) groups is 1. The van der Waals surface area contributed by atoms with E-state index in [0.29, 0.717) is 57.3 Å². The Balaban J connectivity index is 0.00000363. The number of nitrogens with zero attached hydrogens (tertiary/aromatic N) is 2. The summed E-state index contributed by atoms with van der Waals surface area (Å²) in [7, 11) is -1.75. The number of hydrogen-bond donors (Lipinski definition) is 2. The highest BCUT2D eigenvalue weighted by Crippen LogP contribution is 2.16. The van der Waals surface area contributed by atoms with E-state index in [4.69, 9.17) is 4.74 Å². The molecule has 2 aromatic rings. The van der Waals surface area contributed by atoms with E-state index in [9.17, 15) is 12.8 Å². The summed E-state index contributed by atoms with van der Waals surface area (Å²) in [4.78, 5) is 4.19. The van der Waals surface area contributed by atoms with Gasteiger partial charge in [-0.1, -0.05) is 42.5 Å². The normalized spacial score (nSPS) is 15.1. The van der Waals surface area contributed by atoms with E-state index in [-0.39, 0.29) is 35.5 Å². The van der Waals surface area contributed by atoms with Gasteiger partial charge in [-0.05, 0) is 29.2 Å². The van der Waals surface area contributed by atoms with Crippen LogP contribution in [0, 0.1) is 5.82 Å². The van der Waals surface area contributed by atoms with E-state index >= 15 is 0 Å². The van der Waals surface area contributed by atoms with E-state index < -0.39 is 10.0 Å². The number of guanidine groups is 1. The van der Waals surface area contributed by atoms with Crippen molar-refractivity contribution in [3.8, 4) is 0 Å². The Bertz CT molecular complexity index is 998. The van der Waals surface area contributed by atoms with E-state index in [2.05, 4.69) is 15.6 Å². The third-order valence-electron chi connectivity index (χ3n) is 5.13. The fraction of sp³-hybridized carbons (Fsp3) is 0.409. The molecule has 176 valence electrons. The van der Waals surface area contributed by atoms with E-state index in [1.807, 2.05) is 30.3 Å². The molecule has 0 atom stereocenters. The van der Waals surface area contributed by atoms with Crippen LogP contribution in [0.2, 0.25) is 0 Å². The predicted octanol–water partition coefficient (Wildman–Crippen LogP) is 2.51. The average molecular weight is 576 g/mol. The molecule has 0 bridgehead atoms. The molecule has 32 heavy (non-hydrogen) atoms. The second-order valence-corrected chi connectivity index (χ2v) is 9.20. The number of rotatable bonds is 8. The van der Waals surface area contributed by atoms with Gasteiger partial charge in [-0.15, -0.1) is 24.0 Å². The molecule has 2 N–H and O–H groups in total. The maximum Gasteiger partial charge on any atom is 0.218 e. The first-order valence-corrected chi connectivity index (χ1v) is 11.9. The molecular weight excluding hydrogens is 546 g/mol. The van der Waals surface area contributed by atoms with Crippen LogP contribution in [0.1, 0.15) is 16.7 Å². The predicted molar refractivity (Wildman–Crippen MR) is 135 cm³/mol. The molecule has 1 heterocycles. The molecule has 0 aliphatic carbocycles. The van der Waals surface area contributed by atoms with Crippen LogP contribution < -0.4 is 10.6 Å². The summed E-state index contributed by atoms with van der Waals surface area (Å²) in [6.45, 7) is 2.58. The van der Waals surface area contributed by atoms with Crippen molar-refractivity contribution in [3.63, 3.8) is 0 Å². The molecule has 0 saturated carbocycles. The molecule has 1 aliphatic heterocycles. The molecule has 10 heteroatoms. The first-order valence-electron chi connectivity index (χ1n) is 10.3. The lowest BCUT2D eigenvalue weighted by Crippen LogP contribution is -2.41. The highest BCUT2D eigenvalue weighted by Gasteiger charge is 2.25. The van der Waals surface area contributed by atoms with Crippen molar-refractivity contribution in [2.24, 2.45) is 4.99 Å². The van der Waals surface area contributed by atoms with Gasteiger partial charge in [-0.3, -0.25) is 4.99 Å². The number of sulfonamides is 1. The Morgan fingerprint density at radius 2 is 1.66 bits per heavy atom. The minimum absolute atomic E-state index is 0. The number of morpholine rings is 1. The topological polar surface area (TPSA) is 83.0 Å². The van der Waals surface area contributed by atoms with Crippen LogP contribution in [-0.4, -0.2) is 58.6 Å². The second-order valence-electron chi connectivity index (χ2n) is 7.23. The Kier molecular flexibility index (Phi) is 10.8. The van der Waals surface area contributed by atoms with Gasteiger partial charge in [0.05, 0.1) is 19.0 Å². The van der Waals surface area contributed by atoms with Gasteiger partial charge >= 0.3 is 0 Å². The molecular formula is C22H30FIN4O3S. The van der Waals surface area contributed by atoms with Crippen LogP contribution in [0.4, 0.5) is 4.39 Å². The number of hydrogen-bond acceptors (Lipinski definition) is 4. The minimum Gasteiger partial charge on any atom is -0.379 e. The molecule has 7 nitrogen and oxygen atoms in total. The first-order chi connectivity index (χ1) is 15.0. The largest absolute Gasteiger partial charge is 0.379 e. The lowest BCUT2D eigenvalue weighted by Gasteiger charge is -2.26. The third-order valence-corrected chi connectivity index (χ3v) is 6.96. The van der Waals surface area contributed by atoms with Crippen LogP contribution in [-0.2, 0) is 33.5 Å². The van der Waals surface area contributed by atoms with Crippen LogP contribution in [0.3, 0.4) is 0 Å². The standard InChI is InChI=1S/C22H29FN4O3S.HI/c1-24-22(25-11-10-18-6-4-5-9-21(18)23)26-16-19-7-2-3-8-20(19)17-31(28,29)27-12-14-30-15-13-27;/h2-9H,10-17H2,1H3,(H2,24,25,26);1H. The van der Waals surface area contributed by atoms with Crippen LogP contribution in [0.5, 0.6) is 0 Å². The summed E-state index contributed by atoms with van der Waals surface area (Å²) < 4.78 is 46.1. The fourth-order valence-electron chi connectivity index (χ4n) is 3.40. The fourth-order valence-corrected chi connectivity index (χ4v) is 4.96. The Labute approximate surface area is 206 Å². The van der Waals surface area contributed by atoms with Gasteiger partial charge in [0.2, 0.25) is 10.0 Å². The molecule has 0 spiro atoms. The quantitative estimate of drug-likeness (QED) is 0.287. The number of benzene rings is 2. The van der Waals surface area contributed by atoms with Crippen molar-refractivity contribution in [1.82, 2.24) is 14.9 Å². The molecule has 1 fully saturated rings. The molecule has 0 amide bonds. The molecule has 3 rings (SSSR count). The van der Waals surface area contributed by atoms with Gasteiger partial charge in [0, 0.05) is 33.2 Å². The summed E-state index contributed by atoms with van der Waals surface area (Å²) in [5.74, 6) is 0.300. The van der Waals surface area contributed by atoms with Crippen LogP contribution >= 0.6 is 24.0 Å². The molecule has 1 saturated heterocycles. The molecule has 0 radical (unpaired) electrons. The van der Waals surface area contributed by atoms with E-state index in [0.717, 1.165) is 11.1 Å². The Morgan fingerprint density at radius 3 is 2.31 bits per heavy atom. The van der Waals surface area contributed by atoms with Gasteiger partial charge in [0.1, 0.15) is 5.82 Å². The molecule has 1 aliphatic rings. The van der Waals surface area contributed by atoms with Crippen molar-refractivity contribution in [2.75, 3.05) is 39.9 Å². The zero-order chi connectivity index (χ0) is 22.1. The van der Waals surface area contributed by atoms with Gasteiger partial charge in [-0.2, -0.15) is 4.31 Å². The summed E-state index contributed by atoms with van der Waals surface area (Å²) in [5, 5.41) is 6.38. The number of halogens is 2. The van der Waals surface area contributed by atoms with Gasteiger partial charge < -0.3 is 15.4 Å². The SMILES string of the molecule is CN=C(NCCc1ccccc1F)NCc1ccccc1CS(=O)(=O)N1CCOCC1.I. The zero-order valence-corrected chi connectivity index (χ0v) is 21.2. The van der Waals surface area contributed by atoms with E-state index in [1.165, 1.54) is 10.4 Å². The maximum atomic E-state index is 13.7. The highest BCUT2D eigenvalue weighted by atomic mass is 127. The number of ether oxygens (including phenoxy) is 1. The third kappa shape index (κ3) is 7.68. The smallest absolute Gasteiger partial charge is 0.218 e. The minimum atomic E-state index is -3.41.